The zero-order valence-electron chi connectivity index (χ0n) is 8.78. The fraction of sp³-hybridized carbons (Fsp3) is 0. The molecule has 98 valence electrons. The van der Waals surface area contributed by atoms with E-state index < -0.39 is 16.4 Å². The minimum atomic E-state index is -0.752. The maximum Gasteiger partial charge on any atom is 0.312 e. The number of hydrogen-bond donors (Lipinski definition) is 3. The van der Waals surface area contributed by atoms with E-state index in [0.717, 1.165) is 12.3 Å². The largest absolute Gasteiger partial charge is 0.501 e. The van der Waals surface area contributed by atoms with Crippen LogP contribution in [0.25, 0.3) is 0 Å². The van der Waals surface area contributed by atoms with Crippen LogP contribution in [0.1, 0.15) is 5.56 Å². The third kappa shape index (κ3) is 3.75. The summed E-state index contributed by atoms with van der Waals surface area (Å²) in [7, 11) is 0. The predicted molar refractivity (Wildman–Crippen MR) is 70.4 cm³/mol. The van der Waals surface area contributed by atoms with Crippen molar-refractivity contribution in [2.24, 2.45) is 21.7 Å². The Hall–Kier alpha value is -2.06. The van der Waals surface area contributed by atoms with Crippen LogP contribution >= 0.6 is 24.0 Å². The summed E-state index contributed by atoms with van der Waals surface area (Å²) < 4.78 is 0. The topological polar surface area (TPSA) is 140 Å². The molecule has 10 heteroatoms. The molecule has 0 saturated heterocycles. The van der Waals surface area contributed by atoms with E-state index in [1.54, 1.807) is 0 Å². The normalized spacial score (nSPS) is 9.83. The Kier molecular flexibility index (Phi) is 5.86. The van der Waals surface area contributed by atoms with E-state index in [0.29, 0.717) is 0 Å². The minimum absolute atomic E-state index is 0. The second kappa shape index (κ2) is 6.62. The van der Waals surface area contributed by atoms with Crippen LogP contribution < -0.4 is 11.5 Å². The van der Waals surface area contributed by atoms with Gasteiger partial charge in [-0.05, 0) is 6.07 Å². The molecule has 18 heavy (non-hydrogen) atoms. The van der Waals surface area contributed by atoms with Gasteiger partial charge in [0.1, 0.15) is 0 Å². The highest BCUT2D eigenvalue weighted by Gasteiger charge is 2.18. The van der Waals surface area contributed by atoms with Crippen molar-refractivity contribution < 1.29 is 10.0 Å². The van der Waals surface area contributed by atoms with Gasteiger partial charge in [-0.2, -0.15) is 5.10 Å². The predicted octanol–water partition coefficient (Wildman–Crippen LogP) is 0.983. The molecule has 0 aromatic heterocycles. The monoisotopic (exact) mass is 293 g/mol. The van der Waals surface area contributed by atoms with Gasteiger partial charge in [0, 0.05) is 11.6 Å². The lowest BCUT2D eigenvalue weighted by Crippen LogP contribution is -2.21. The average molecular weight is 294 g/mol. The molecule has 1 aromatic carbocycles. The van der Waals surface area contributed by atoms with Gasteiger partial charge in [-0.25, -0.2) is 0 Å². The Labute approximate surface area is 113 Å². The molecule has 0 aliphatic rings. The first-order valence-corrected chi connectivity index (χ1v) is 4.59. The van der Waals surface area contributed by atoms with Crippen LogP contribution in [0.4, 0.5) is 5.69 Å². The summed E-state index contributed by atoms with van der Waals surface area (Å²) in [5, 5.41) is 26.5. The Balaban J connectivity index is 0.00000289. The molecular weight excluding hydrogens is 285 g/mol. The van der Waals surface area contributed by atoms with E-state index in [-0.39, 0.29) is 29.0 Å². The maximum atomic E-state index is 10.5. The molecule has 0 fully saturated rings. The first kappa shape index (κ1) is 15.9. The molecule has 0 spiro atoms. The lowest BCUT2D eigenvalue weighted by molar-refractivity contribution is -0.385. The number of aromatic hydroxyl groups is 1. The van der Waals surface area contributed by atoms with Crippen LogP contribution in [-0.4, -0.2) is 22.2 Å². The number of guanidine groups is 1. The van der Waals surface area contributed by atoms with E-state index in [9.17, 15) is 15.2 Å². The van der Waals surface area contributed by atoms with Crippen LogP contribution in [0.5, 0.6) is 5.75 Å². The third-order valence-electron chi connectivity index (χ3n) is 1.69. The average Bonchev–Trinajstić information content (AvgIpc) is 2.23. The zero-order valence-corrected chi connectivity index (χ0v) is 10.4. The Bertz CT molecular complexity index is 514. The van der Waals surface area contributed by atoms with E-state index >= 15 is 0 Å². The first-order valence-electron chi connectivity index (χ1n) is 4.21. The van der Waals surface area contributed by atoms with Gasteiger partial charge in [-0.15, -0.1) is 17.5 Å². The van der Waals surface area contributed by atoms with Crippen molar-refractivity contribution in [3.05, 3.63) is 32.8 Å². The quantitative estimate of drug-likeness (QED) is 0.330. The molecule has 0 bridgehead atoms. The lowest BCUT2D eigenvalue weighted by atomic mass is 10.2. The van der Waals surface area contributed by atoms with Gasteiger partial charge in [0.05, 0.1) is 16.2 Å². The van der Waals surface area contributed by atoms with Crippen LogP contribution in [-0.2, 0) is 0 Å². The molecular formula is C8H9Cl2N5O3. The van der Waals surface area contributed by atoms with Crippen LogP contribution in [0, 0.1) is 10.1 Å². The third-order valence-corrected chi connectivity index (χ3v) is 2.09. The van der Waals surface area contributed by atoms with E-state index in [4.69, 9.17) is 23.1 Å². The number of hydrogen-bond acceptors (Lipinski definition) is 5. The number of halogens is 2. The molecule has 0 unspecified atom stereocenters. The summed E-state index contributed by atoms with van der Waals surface area (Å²) in [6.07, 6.45) is 1.16. The standard InChI is InChI=1S/C8H8ClN5O3.ClH/c9-6-4(3-12-13-8(10)11)1-2-5(7(6)15)14(16)17;/h1-3,15H,(H4,10,11,13);1H. The number of benzene rings is 1. The Morgan fingerprint density at radius 3 is 2.61 bits per heavy atom. The van der Waals surface area contributed by atoms with Gasteiger partial charge < -0.3 is 16.6 Å². The summed E-state index contributed by atoms with van der Waals surface area (Å²) in [4.78, 5) is 9.74. The number of nitrogens with zero attached hydrogens (tertiary/aromatic N) is 3. The molecule has 0 heterocycles. The number of nitrogens with two attached hydrogens (primary N) is 2. The number of rotatable bonds is 3. The van der Waals surface area contributed by atoms with Crippen molar-refractivity contribution in [3.8, 4) is 5.75 Å². The SMILES string of the molecule is Cl.NC(N)=NN=Cc1ccc([N+](=O)[O-])c(O)c1Cl. The van der Waals surface area contributed by atoms with Gasteiger partial charge in [0.25, 0.3) is 0 Å². The first-order chi connectivity index (χ1) is 7.93. The molecule has 0 atom stereocenters. The minimum Gasteiger partial charge on any atom is -0.501 e. The van der Waals surface area contributed by atoms with Crippen molar-refractivity contribution >= 4 is 41.9 Å². The maximum absolute atomic E-state index is 10.5. The van der Waals surface area contributed by atoms with Crippen molar-refractivity contribution in [1.29, 1.82) is 0 Å². The molecule has 0 saturated carbocycles. The molecule has 0 aliphatic carbocycles. The van der Waals surface area contributed by atoms with E-state index in [2.05, 4.69) is 10.2 Å². The fourth-order valence-corrected chi connectivity index (χ4v) is 1.18. The highest BCUT2D eigenvalue weighted by Crippen LogP contribution is 2.35. The molecule has 0 amide bonds. The summed E-state index contributed by atoms with van der Waals surface area (Å²) in [5.74, 6) is -0.881. The molecule has 0 radical (unpaired) electrons. The van der Waals surface area contributed by atoms with Gasteiger partial charge in [-0.3, -0.25) is 10.1 Å². The van der Waals surface area contributed by atoms with Crippen molar-refractivity contribution in [3.63, 3.8) is 0 Å². The van der Waals surface area contributed by atoms with E-state index in [1.807, 2.05) is 0 Å². The second-order valence-electron chi connectivity index (χ2n) is 2.86. The molecule has 1 rings (SSSR count). The van der Waals surface area contributed by atoms with Gasteiger partial charge in [0.15, 0.2) is 0 Å². The van der Waals surface area contributed by atoms with Crippen LogP contribution in [0.3, 0.4) is 0 Å². The Morgan fingerprint density at radius 1 is 1.50 bits per heavy atom. The van der Waals surface area contributed by atoms with Gasteiger partial charge >= 0.3 is 5.69 Å². The molecule has 0 aliphatic heterocycles. The Morgan fingerprint density at radius 2 is 2.11 bits per heavy atom. The van der Waals surface area contributed by atoms with Crippen molar-refractivity contribution in [1.82, 2.24) is 0 Å². The van der Waals surface area contributed by atoms with Crippen LogP contribution in [0.15, 0.2) is 22.3 Å². The van der Waals surface area contributed by atoms with Gasteiger partial charge in [0.2, 0.25) is 11.7 Å². The zero-order chi connectivity index (χ0) is 13.0. The number of phenolic OH excluding ortho intramolecular Hbond substituents is 1. The summed E-state index contributed by atoms with van der Waals surface area (Å²) in [6, 6.07) is 2.41. The lowest BCUT2D eigenvalue weighted by Gasteiger charge is -2.01. The van der Waals surface area contributed by atoms with E-state index in [1.165, 1.54) is 6.07 Å². The van der Waals surface area contributed by atoms with Crippen LogP contribution in [0.2, 0.25) is 5.02 Å². The highest BCUT2D eigenvalue weighted by molar-refractivity contribution is 6.34. The molecule has 8 nitrogen and oxygen atoms in total. The molecule has 5 N–H and O–H groups in total. The summed E-state index contributed by atoms with van der Waals surface area (Å²) in [5.41, 5.74) is 9.82. The number of nitro groups is 1. The fourth-order valence-electron chi connectivity index (χ4n) is 0.975. The second-order valence-corrected chi connectivity index (χ2v) is 3.24. The number of nitro benzene ring substituents is 1. The summed E-state index contributed by atoms with van der Waals surface area (Å²) >= 11 is 5.70. The highest BCUT2D eigenvalue weighted by atomic mass is 35.5. The van der Waals surface area contributed by atoms with Crippen molar-refractivity contribution in [2.75, 3.05) is 0 Å². The number of phenols is 1. The summed E-state index contributed by atoms with van der Waals surface area (Å²) in [6.45, 7) is 0. The molecule has 1 aromatic rings. The smallest absolute Gasteiger partial charge is 0.312 e. The van der Waals surface area contributed by atoms with Crippen molar-refractivity contribution in [2.45, 2.75) is 0 Å². The van der Waals surface area contributed by atoms with Gasteiger partial charge in [-0.1, -0.05) is 11.6 Å².